The Morgan fingerprint density at radius 2 is 1.95 bits per heavy atom. The number of pyridine rings is 1. The summed E-state index contributed by atoms with van der Waals surface area (Å²) in [4.78, 5) is 13.8. The average Bonchev–Trinajstić information content (AvgIpc) is 3.07. The minimum absolute atomic E-state index is 0.449. The Labute approximate surface area is 126 Å². The van der Waals surface area contributed by atoms with Crippen LogP contribution in [0.4, 0.5) is 5.82 Å². The molecule has 0 unspecified atom stereocenters. The first kappa shape index (κ1) is 14.1. The van der Waals surface area contributed by atoms with Crippen LogP contribution in [0.15, 0.2) is 29.4 Å². The summed E-state index contributed by atoms with van der Waals surface area (Å²) in [5.74, 6) is 7.58. The molecular formula is C15H24N6. The minimum Gasteiger partial charge on any atom is -0.353 e. The predicted molar refractivity (Wildman–Crippen MR) is 85.0 cm³/mol. The van der Waals surface area contributed by atoms with Gasteiger partial charge < -0.3 is 9.80 Å². The fraction of sp³-hybridized carbons (Fsp3) is 0.600. The average molecular weight is 288 g/mol. The van der Waals surface area contributed by atoms with Crippen molar-refractivity contribution < 1.29 is 0 Å². The van der Waals surface area contributed by atoms with Crippen molar-refractivity contribution in [1.29, 1.82) is 0 Å². The van der Waals surface area contributed by atoms with Crippen LogP contribution in [0.1, 0.15) is 25.7 Å². The topological polar surface area (TPSA) is 69.8 Å². The predicted octanol–water partition coefficient (Wildman–Crippen LogP) is 0.965. The van der Waals surface area contributed by atoms with Crippen LogP contribution in [0.3, 0.4) is 0 Å². The molecular weight excluding hydrogens is 264 g/mol. The highest BCUT2D eigenvalue weighted by Gasteiger charge is 2.22. The lowest BCUT2D eigenvalue weighted by Gasteiger charge is -2.36. The molecule has 1 aliphatic heterocycles. The lowest BCUT2D eigenvalue weighted by Crippen LogP contribution is -2.54. The lowest BCUT2D eigenvalue weighted by atomic mass is 10.2. The highest BCUT2D eigenvalue weighted by atomic mass is 15.4. The number of guanidine groups is 1. The Kier molecular flexibility index (Phi) is 4.55. The number of rotatable bonds is 2. The SMILES string of the molecule is NNC(=NC1CCCC1)N1CCN(c2ccccn2)CC1. The van der Waals surface area contributed by atoms with Crippen molar-refractivity contribution in [3.63, 3.8) is 0 Å². The third-order valence-corrected chi connectivity index (χ3v) is 4.31. The maximum Gasteiger partial charge on any atom is 0.208 e. The lowest BCUT2D eigenvalue weighted by molar-refractivity contribution is 0.369. The molecule has 21 heavy (non-hydrogen) atoms. The van der Waals surface area contributed by atoms with E-state index in [0.717, 1.165) is 38.0 Å². The van der Waals surface area contributed by atoms with Crippen LogP contribution in [0.2, 0.25) is 0 Å². The molecule has 1 aromatic heterocycles. The molecule has 0 aromatic carbocycles. The molecule has 6 heteroatoms. The van der Waals surface area contributed by atoms with Crippen molar-refractivity contribution in [2.24, 2.45) is 10.8 Å². The maximum atomic E-state index is 5.68. The van der Waals surface area contributed by atoms with Gasteiger partial charge in [0.2, 0.25) is 5.96 Å². The Morgan fingerprint density at radius 1 is 1.19 bits per heavy atom. The number of nitrogens with two attached hydrogens (primary N) is 1. The zero-order chi connectivity index (χ0) is 14.5. The highest BCUT2D eigenvalue weighted by molar-refractivity contribution is 5.79. The Hall–Kier alpha value is -1.82. The number of nitrogens with one attached hydrogen (secondary N) is 1. The number of nitrogens with zero attached hydrogens (tertiary/aromatic N) is 4. The number of hydrogen-bond donors (Lipinski definition) is 2. The third-order valence-electron chi connectivity index (χ3n) is 4.31. The monoisotopic (exact) mass is 288 g/mol. The number of hydrazine groups is 1. The fourth-order valence-electron chi connectivity index (χ4n) is 3.10. The number of aromatic nitrogens is 1. The van der Waals surface area contributed by atoms with Gasteiger partial charge in [-0.1, -0.05) is 18.9 Å². The van der Waals surface area contributed by atoms with Gasteiger partial charge in [0.25, 0.3) is 0 Å². The molecule has 0 atom stereocenters. The van der Waals surface area contributed by atoms with E-state index in [4.69, 9.17) is 10.8 Å². The van der Waals surface area contributed by atoms with Crippen molar-refractivity contribution in [3.05, 3.63) is 24.4 Å². The van der Waals surface area contributed by atoms with E-state index in [9.17, 15) is 0 Å². The van der Waals surface area contributed by atoms with Crippen LogP contribution < -0.4 is 16.2 Å². The van der Waals surface area contributed by atoms with Crippen molar-refractivity contribution in [2.75, 3.05) is 31.1 Å². The molecule has 1 aromatic rings. The van der Waals surface area contributed by atoms with E-state index >= 15 is 0 Å². The molecule has 2 aliphatic rings. The van der Waals surface area contributed by atoms with E-state index in [1.165, 1.54) is 25.7 Å². The van der Waals surface area contributed by atoms with E-state index in [2.05, 4.69) is 26.3 Å². The number of hydrogen-bond acceptors (Lipinski definition) is 4. The molecule has 0 radical (unpaired) electrons. The van der Waals surface area contributed by atoms with Crippen LogP contribution in [-0.2, 0) is 0 Å². The second kappa shape index (κ2) is 6.76. The molecule has 6 nitrogen and oxygen atoms in total. The molecule has 1 saturated heterocycles. The summed E-state index contributed by atoms with van der Waals surface area (Å²) in [5.41, 5.74) is 2.80. The molecule has 0 spiro atoms. The smallest absolute Gasteiger partial charge is 0.208 e. The normalized spacial score (nSPS) is 20.9. The summed E-state index contributed by atoms with van der Waals surface area (Å²) in [6.45, 7) is 3.74. The molecule has 2 fully saturated rings. The second-order valence-electron chi connectivity index (χ2n) is 5.70. The fourth-order valence-corrected chi connectivity index (χ4v) is 3.10. The zero-order valence-electron chi connectivity index (χ0n) is 12.4. The molecule has 3 N–H and O–H groups in total. The second-order valence-corrected chi connectivity index (χ2v) is 5.70. The molecule has 2 heterocycles. The Balaban J connectivity index is 1.59. The van der Waals surface area contributed by atoms with Gasteiger partial charge in [-0.05, 0) is 25.0 Å². The minimum atomic E-state index is 0.449. The molecule has 3 rings (SSSR count). The van der Waals surface area contributed by atoms with Gasteiger partial charge in [0.1, 0.15) is 5.82 Å². The summed E-state index contributed by atoms with van der Waals surface area (Å²) in [7, 11) is 0. The van der Waals surface area contributed by atoms with Crippen molar-refractivity contribution in [2.45, 2.75) is 31.7 Å². The largest absolute Gasteiger partial charge is 0.353 e. The number of aliphatic imine (C=N–C) groups is 1. The first-order valence-corrected chi connectivity index (χ1v) is 7.82. The van der Waals surface area contributed by atoms with Gasteiger partial charge >= 0.3 is 0 Å². The number of anilines is 1. The van der Waals surface area contributed by atoms with Gasteiger partial charge in [-0.25, -0.2) is 15.8 Å². The maximum absolute atomic E-state index is 5.68. The van der Waals surface area contributed by atoms with Crippen LogP contribution in [0, 0.1) is 0 Å². The molecule has 1 saturated carbocycles. The van der Waals surface area contributed by atoms with Gasteiger partial charge in [0.05, 0.1) is 6.04 Å². The summed E-state index contributed by atoms with van der Waals surface area (Å²) in [6, 6.07) is 6.49. The molecule has 1 aliphatic carbocycles. The van der Waals surface area contributed by atoms with E-state index < -0.39 is 0 Å². The summed E-state index contributed by atoms with van der Waals surface area (Å²) < 4.78 is 0. The highest BCUT2D eigenvalue weighted by Crippen LogP contribution is 2.21. The van der Waals surface area contributed by atoms with Crippen LogP contribution in [0.5, 0.6) is 0 Å². The van der Waals surface area contributed by atoms with Crippen molar-refractivity contribution >= 4 is 11.8 Å². The van der Waals surface area contributed by atoms with Crippen molar-refractivity contribution in [1.82, 2.24) is 15.3 Å². The van der Waals surface area contributed by atoms with Gasteiger partial charge in [-0.15, -0.1) is 0 Å². The van der Waals surface area contributed by atoms with Crippen LogP contribution >= 0.6 is 0 Å². The van der Waals surface area contributed by atoms with E-state index in [1.54, 1.807) is 0 Å². The van der Waals surface area contributed by atoms with E-state index in [1.807, 2.05) is 18.3 Å². The summed E-state index contributed by atoms with van der Waals surface area (Å²) >= 11 is 0. The van der Waals surface area contributed by atoms with E-state index in [-0.39, 0.29) is 0 Å². The van der Waals surface area contributed by atoms with Gasteiger partial charge in [-0.2, -0.15) is 0 Å². The zero-order valence-corrected chi connectivity index (χ0v) is 12.4. The Morgan fingerprint density at radius 3 is 2.57 bits per heavy atom. The van der Waals surface area contributed by atoms with Crippen LogP contribution in [0.25, 0.3) is 0 Å². The van der Waals surface area contributed by atoms with Gasteiger partial charge in [0.15, 0.2) is 0 Å². The standard InChI is InChI=1S/C15H24N6/c16-19-15(18-13-5-1-2-6-13)21-11-9-20(10-12-21)14-7-3-4-8-17-14/h3-4,7-8,13H,1-2,5-6,9-12,16H2,(H,18,19). The van der Waals surface area contributed by atoms with E-state index in [0.29, 0.717) is 6.04 Å². The molecule has 0 bridgehead atoms. The quantitative estimate of drug-likeness (QED) is 0.367. The van der Waals surface area contributed by atoms with Crippen LogP contribution in [-0.4, -0.2) is 48.1 Å². The third kappa shape index (κ3) is 3.44. The first-order chi connectivity index (χ1) is 10.4. The Bertz CT molecular complexity index is 460. The van der Waals surface area contributed by atoms with Gasteiger partial charge in [0, 0.05) is 32.4 Å². The van der Waals surface area contributed by atoms with Gasteiger partial charge in [-0.3, -0.25) is 5.43 Å². The number of piperazine rings is 1. The van der Waals surface area contributed by atoms with Crippen molar-refractivity contribution in [3.8, 4) is 0 Å². The molecule has 0 amide bonds. The molecule has 114 valence electrons. The summed E-state index contributed by atoms with van der Waals surface area (Å²) in [6.07, 6.45) is 6.81. The summed E-state index contributed by atoms with van der Waals surface area (Å²) in [5, 5.41) is 0. The first-order valence-electron chi connectivity index (χ1n) is 7.82.